The van der Waals surface area contributed by atoms with Crippen molar-refractivity contribution in [2.24, 2.45) is 5.92 Å². The summed E-state index contributed by atoms with van der Waals surface area (Å²) in [7, 11) is 0. The molecule has 2 aliphatic rings. The summed E-state index contributed by atoms with van der Waals surface area (Å²) in [6, 6.07) is 0. The highest BCUT2D eigenvalue weighted by Crippen LogP contribution is 2.21. The highest BCUT2D eigenvalue weighted by Gasteiger charge is 2.24. The Morgan fingerprint density at radius 1 is 1.37 bits per heavy atom. The molecular weight excluding hydrogens is 240 g/mol. The largest absolute Gasteiger partial charge is 0.392 e. The van der Waals surface area contributed by atoms with Crippen LogP contribution in [0.1, 0.15) is 32.6 Å². The number of allylic oxidation sites excluding steroid dienone is 2. The van der Waals surface area contributed by atoms with E-state index in [1.54, 1.807) is 0 Å². The standard InChI is InChI=1S/C15H26N2O2/c1-2-14(18)12-16-7-9-17(10-8-16)15(19)11-13-5-3-4-6-13/h3,5,13-14,18H,2,4,6-12H2,1H3/t13-,14-/m0/s1. The molecule has 0 saturated carbocycles. The topological polar surface area (TPSA) is 43.8 Å². The molecule has 0 aromatic heterocycles. The first-order chi connectivity index (χ1) is 9.19. The third-order valence-electron chi connectivity index (χ3n) is 4.21. The molecule has 0 radical (unpaired) electrons. The van der Waals surface area contributed by atoms with Crippen molar-refractivity contribution in [3.8, 4) is 0 Å². The molecule has 4 nitrogen and oxygen atoms in total. The molecule has 1 heterocycles. The van der Waals surface area contributed by atoms with Crippen LogP contribution in [0.4, 0.5) is 0 Å². The van der Waals surface area contributed by atoms with Gasteiger partial charge in [-0.05, 0) is 25.2 Å². The summed E-state index contributed by atoms with van der Waals surface area (Å²) in [5.74, 6) is 0.764. The summed E-state index contributed by atoms with van der Waals surface area (Å²) in [5, 5.41) is 9.65. The normalized spacial score (nSPS) is 25.8. The molecule has 0 bridgehead atoms. The van der Waals surface area contributed by atoms with Gasteiger partial charge in [0, 0.05) is 39.1 Å². The van der Waals surface area contributed by atoms with Gasteiger partial charge in [0.05, 0.1) is 6.10 Å². The molecule has 2 rings (SSSR count). The fourth-order valence-electron chi connectivity index (χ4n) is 2.83. The van der Waals surface area contributed by atoms with E-state index in [0.29, 0.717) is 18.2 Å². The lowest BCUT2D eigenvalue weighted by Crippen LogP contribution is -2.50. The molecule has 1 fully saturated rings. The first-order valence-corrected chi connectivity index (χ1v) is 7.54. The number of amides is 1. The third-order valence-corrected chi connectivity index (χ3v) is 4.21. The summed E-state index contributed by atoms with van der Waals surface area (Å²) < 4.78 is 0. The van der Waals surface area contributed by atoms with Gasteiger partial charge in [-0.15, -0.1) is 0 Å². The second-order valence-corrected chi connectivity index (χ2v) is 5.71. The molecular formula is C15H26N2O2. The maximum absolute atomic E-state index is 12.2. The molecule has 1 N–H and O–H groups in total. The smallest absolute Gasteiger partial charge is 0.223 e. The highest BCUT2D eigenvalue weighted by molar-refractivity contribution is 5.76. The zero-order chi connectivity index (χ0) is 13.7. The van der Waals surface area contributed by atoms with Gasteiger partial charge < -0.3 is 10.0 Å². The van der Waals surface area contributed by atoms with Crippen LogP contribution in [-0.4, -0.2) is 59.6 Å². The van der Waals surface area contributed by atoms with Crippen molar-refractivity contribution in [2.75, 3.05) is 32.7 Å². The summed E-state index contributed by atoms with van der Waals surface area (Å²) in [6.45, 7) is 6.15. The number of carbonyl (C=O) groups is 1. The molecule has 1 saturated heterocycles. The van der Waals surface area contributed by atoms with Crippen molar-refractivity contribution in [2.45, 2.75) is 38.7 Å². The minimum atomic E-state index is -0.231. The number of hydrogen-bond acceptors (Lipinski definition) is 3. The number of rotatable bonds is 5. The minimum absolute atomic E-state index is 0.231. The molecule has 1 aliphatic heterocycles. The monoisotopic (exact) mass is 266 g/mol. The molecule has 2 atom stereocenters. The lowest BCUT2D eigenvalue weighted by molar-refractivity contribution is -0.133. The van der Waals surface area contributed by atoms with Crippen LogP contribution in [0.3, 0.4) is 0 Å². The van der Waals surface area contributed by atoms with Crippen LogP contribution in [0, 0.1) is 5.92 Å². The molecule has 1 aliphatic carbocycles. The Bertz CT molecular complexity index is 322. The molecule has 4 heteroatoms. The van der Waals surface area contributed by atoms with Crippen molar-refractivity contribution < 1.29 is 9.90 Å². The quantitative estimate of drug-likeness (QED) is 0.762. The van der Waals surface area contributed by atoms with Gasteiger partial charge in [0.2, 0.25) is 5.91 Å². The Kier molecular flexibility index (Phi) is 5.40. The van der Waals surface area contributed by atoms with E-state index in [-0.39, 0.29) is 6.10 Å². The zero-order valence-electron chi connectivity index (χ0n) is 11.9. The van der Waals surface area contributed by atoms with Crippen molar-refractivity contribution >= 4 is 5.91 Å². The van der Waals surface area contributed by atoms with E-state index in [1.807, 2.05) is 11.8 Å². The Morgan fingerprint density at radius 3 is 2.68 bits per heavy atom. The van der Waals surface area contributed by atoms with Crippen LogP contribution in [0.15, 0.2) is 12.2 Å². The van der Waals surface area contributed by atoms with Gasteiger partial charge in [-0.3, -0.25) is 9.69 Å². The Labute approximate surface area is 116 Å². The van der Waals surface area contributed by atoms with E-state index in [0.717, 1.165) is 52.0 Å². The zero-order valence-corrected chi connectivity index (χ0v) is 11.9. The van der Waals surface area contributed by atoms with Gasteiger partial charge in [0.1, 0.15) is 0 Å². The maximum Gasteiger partial charge on any atom is 0.223 e. The Balaban J connectivity index is 1.70. The molecule has 1 amide bonds. The number of aliphatic hydroxyl groups is 1. The molecule has 0 unspecified atom stereocenters. The van der Waals surface area contributed by atoms with Gasteiger partial charge >= 0.3 is 0 Å². The first-order valence-electron chi connectivity index (χ1n) is 7.54. The van der Waals surface area contributed by atoms with E-state index in [9.17, 15) is 9.90 Å². The Morgan fingerprint density at radius 2 is 2.11 bits per heavy atom. The van der Waals surface area contributed by atoms with E-state index < -0.39 is 0 Å². The van der Waals surface area contributed by atoms with Gasteiger partial charge in [0.15, 0.2) is 0 Å². The molecule has 19 heavy (non-hydrogen) atoms. The fraction of sp³-hybridized carbons (Fsp3) is 0.800. The Hall–Kier alpha value is -0.870. The summed E-state index contributed by atoms with van der Waals surface area (Å²) in [4.78, 5) is 16.4. The van der Waals surface area contributed by atoms with Gasteiger partial charge in [-0.25, -0.2) is 0 Å². The van der Waals surface area contributed by atoms with Crippen LogP contribution < -0.4 is 0 Å². The lowest BCUT2D eigenvalue weighted by atomic mass is 10.0. The van der Waals surface area contributed by atoms with E-state index in [2.05, 4.69) is 17.1 Å². The number of β-amino-alcohol motifs (C(OH)–C–C–N with tert-alkyl or cyclic N) is 1. The van der Waals surface area contributed by atoms with Crippen molar-refractivity contribution in [3.05, 3.63) is 12.2 Å². The van der Waals surface area contributed by atoms with Gasteiger partial charge in [0.25, 0.3) is 0 Å². The average molecular weight is 266 g/mol. The van der Waals surface area contributed by atoms with Crippen LogP contribution in [0.25, 0.3) is 0 Å². The number of piperazine rings is 1. The number of nitrogens with zero attached hydrogens (tertiary/aromatic N) is 2. The molecule has 0 aromatic carbocycles. The fourth-order valence-corrected chi connectivity index (χ4v) is 2.83. The summed E-state index contributed by atoms with van der Waals surface area (Å²) in [5.41, 5.74) is 0. The van der Waals surface area contributed by atoms with E-state index in [1.165, 1.54) is 0 Å². The first kappa shape index (κ1) is 14.5. The van der Waals surface area contributed by atoms with Crippen molar-refractivity contribution in [1.82, 2.24) is 9.80 Å². The van der Waals surface area contributed by atoms with Crippen LogP contribution >= 0.6 is 0 Å². The summed E-state index contributed by atoms with van der Waals surface area (Å²) in [6.07, 6.45) is 7.87. The van der Waals surface area contributed by atoms with Crippen LogP contribution in [-0.2, 0) is 4.79 Å². The number of carbonyl (C=O) groups excluding carboxylic acids is 1. The van der Waals surface area contributed by atoms with Crippen molar-refractivity contribution in [3.63, 3.8) is 0 Å². The maximum atomic E-state index is 12.2. The second kappa shape index (κ2) is 7.06. The molecule has 0 aromatic rings. The molecule has 108 valence electrons. The van der Waals surface area contributed by atoms with Gasteiger partial charge in [-0.2, -0.15) is 0 Å². The number of aliphatic hydroxyl groups excluding tert-OH is 1. The minimum Gasteiger partial charge on any atom is -0.392 e. The number of hydrogen-bond donors (Lipinski definition) is 1. The highest BCUT2D eigenvalue weighted by atomic mass is 16.3. The predicted octanol–water partition coefficient (Wildman–Crippen LogP) is 1.26. The van der Waals surface area contributed by atoms with Crippen LogP contribution in [0.5, 0.6) is 0 Å². The summed E-state index contributed by atoms with van der Waals surface area (Å²) >= 11 is 0. The van der Waals surface area contributed by atoms with Crippen molar-refractivity contribution in [1.29, 1.82) is 0 Å². The van der Waals surface area contributed by atoms with Gasteiger partial charge in [-0.1, -0.05) is 19.1 Å². The third kappa shape index (κ3) is 4.32. The van der Waals surface area contributed by atoms with E-state index in [4.69, 9.17) is 0 Å². The molecule has 0 spiro atoms. The van der Waals surface area contributed by atoms with E-state index >= 15 is 0 Å². The van der Waals surface area contributed by atoms with Crippen LogP contribution in [0.2, 0.25) is 0 Å². The SMILES string of the molecule is CC[C@H](O)CN1CCN(C(=O)C[C@H]2C=CCC2)CC1. The second-order valence-electron chi connectivity index (χ2n) is 5.71. The average Bonchev–Trinajstić information content (AvgIpc) is 2.92. The predicted molar refractivity (Wildman–Crippen MR) is 75.8 cm³/mol. The lowest BCUT2D eigenvalue weighted by Gasteiger charge is -2.36.